The summed E-state index contributed by atoms with van der Waals surface area (Å²) in [5.74, 6) is 1.56. The summed E-state index contributed by atoms with van der Waals surface area (Å²) in [5.41, 5.74) is 4.88. The van der Waals surface area contributed by atoms with Gasteiger partial charge in [0.25, 0.3) is 5.56 Å². The van der Waals surface area contributed by atoms with Gasteiger partial charge in [0.05, 0.1) is 17.1 Å². The van der Waals surface area contributed by atoms with Gasteiger partial charge in [-0.2, -0.15) is 9.78 Å². The van der Waals surface area contributed by atoms with Crippen LogP contribution in [0.4, 0.5) is 0 Å². The second-order valence-electron chi connectivity index (χ2n) is 8.96. The van der Waals surface area contributed by atoms with Crippen molar-refractivity contribution in [2.24, 2.45) is 5.10 Å². The van der Waals surface area contributed by atoms with Crippen molar-refractivity contribution in [1.82, 2.24) is 19.2 Å². The molecule has 0 N–H and O–H groups in total. The molecule has 182 valence electrons. The molecule has 0 saturated heterocycles. The highest BCUT2D eigenvalue weighted by Crippen LogP contribution is 2.29. The van der Waals surface area contributed by atoms with Gasteiger partial charge in [0, 0.05) is 33.6 Å². The quantitative estimate of drug-likeness (QED) is 0.257. The molecule has 0 aliphatic rings. The van der Waals surface area contributed by atoms with Gasteiger partial charge in [-0.3, -0.25) is 4.79 Å². The predicted molar refractivity (Wildman–Crippen MR) is 147 cm³/mol. The molecule has 0 saturated carbocycles. The standard InChI is InChI=1S/C29H22ClN5O2/c1-17-10-11-31-27(12-17)34-18(2)13-21(19(34)3)16-32-35-28(33-24-7-5-4-6-23(24)29(35)36)26-15-20-14-22(30)8-9-25(20)37-26/h4-16H,1-3H3. The van der Waals surface area contributed by atoms with Gasteiger partial charge in [0.2, 0.25) is 5.82 Å². The minimum Gasteiger partial charge on any atom is -0.453 e. The number of para-hydroxylation sites is 1. The van der Waals surface area contributed by atoms with E-state index in [2.05, 4.69) is 14.7 Å². The molecule has 0 spiro atoms. The Labute approximate surface area is 217 Å². The summed E-state index contributed by atoms with van der Waals surface area (Å²) >= 11 is 6.17. The van der Waals surface area contributed by atoms with Gasteiger partial charge in [0.1, 0.15) is 11.4 Å². The number of benzene rings is 2. The minimum atomic E-state index is -0.288. The van der Waals surface area contributed by atoms with E-state index < -0.39 is 0 Å². The number of furan rings is 1. The van der Waals surface area contributed by atoms with Crippen LogP contribution in [0.25, 0.3) is 39.3 Å². The van der Waals surface area contributed by atoms with Crippen molar-refractivity contribution in [2.75, 3.05) is 0 Å². The Balaban J connectivity index is 1.52. The van der Waals surface area contributed by atoms with Crippen molar-refractivity contribution in [3.63, 3.8) is 0 Å². The topological polar surface area (TPSA) is 78.2 Å². The molecule has 37 heavy (non-hydrogen) atoms. The Kier molecular flexibility index (Phi) is 5.50. The number of aromatic nitrogens is 4. The van der Waals surface area contributed by atoms with Crippen molar-refractivity contribution < 1.29 is 4.42 Å². The largest absolute Gasteiger partial charge is 0.453 e. The first-order chi connectivity index (χ1) is 17.9. The zero-order valence-electron chi connectivity index (χ0n) is 20.4. The summed E-state index contributed by atoms with van der Waals surface area (Å²) < 4.78 is 9.41. The van der Waals surface area contributed by atoms with Gasteiger partial charge >= 0.3 is 0 Å². The Hall–Kier alpha value is -4.49. The lowest BCUT2D eigenvalue weighted by Crippen LogP contribution is -2.20. The van der Waals surface area contributed by atoms with E-state index in [1.54, 1.807) is 36.7 Å². The lowest BCUT2D eigenvalue weighted by molar-refractivity contribution is 0.616. The molecule has 0 radical (unpaired) electrons. The lowest BCUT2D eigenvalue weighted by atomic mass is 10.2. The summed E-state index contributed by atoms with van der Waals surface area (Å²) in [6.45, 7) is 6.06. The van der Waals surface area contributed by atoms with Gasteiger partial charge in [-0.1, -0.05) is 23.7 Å². The summed E-state index contributed by atoms with van der Waals surface area (Å²) in [4.78, 5) is 22.8. The second kappa shape index (κ2) is 8.87. The fourth-order valence-corrected chi connectivity index (χ4v) is 4.73. The molecule has 8 heteroatoms. The fourth-order valence-electron chi connectivity index (χ4n) is 4.55. The zero-order chi connectivity index (χ0) is 25.7. The van der Waals surface area contributed by atoms with Crippen LogP contribution >= 0.6 is 11.6 Å². The highest BCUT2D eigenvalue weighted by atomic mass is 35.5. The van der Waals surface area contributed by atoms with Crippen molar-refractivity contribution in [2.45, 2.75) is 20.8 Å². The average molecular weight is 508 g/mol. The van der Waals surface area contributed by atoms with Gasteiger partial charge in [-0.05, 0) is 80.9 Å². The van der Waals surface area contributed by atoms with Crippen LogP contribution in [0.3, 0.4) is 0 Å². The molecule has 6 rings (SSSR count). The highest BCUT2D eigenvalue weighted by Gasteiger charge is 2.17. The maximum absolute atomic E-state index is 13.6. The average Bonchev–Trinajstić information content (AvgIpc) is 3.42. The molecule has 0 aliphatic heterocycles. The number of halogens is 1. The first kappa shape index (κ1) is 22.9. The van der Waals surface area contributed by atoms with E-state index in [9.17, 15) is 4.79 Å². The fraction of sp³-hybridized carbons (Fsp3) is 0.103. The molecule has 0 unspecified atom stereocenters. The molecule has 0 bridgehead atoms. The van der Waals surface area contributed by atoms with Crippen LogP contribution in [0.5, 0.6) is 0 Å². The third-order valence-electron chi connectivity index (χ3n) is 6.37. The third-order valence-corrected chi connectivity index (χ3v) is 6.60. The number of hydrogen-bond acceptors (Lipinski definition) is 5. The molecule has 4 heterocycles. The molecule has 7 nitrogen and oxygen atoms in total. The highest BCUT2D eigenvalue weighted by molar-refractivity contribution is 6.31. The number of pyridine rings is 1. The van der Waals surface area contributed by atoms with Crippen molar-refractivity contribution in [3.05, 3.63) is 111 Å². The van der Waals surface area contributed by atoms with Gasteiger partial charge in [0.15, 0.2) is 5.76 Å². The van der Waals surface area contributed by atoms with Crippen LogP contribution in [0, 0.1) is 20.8 Å². The number of rotatable bonds is 4. The summed E-state index contributed by atoms with van der Waals surface area (Å²) in [6, 6.07) is 20.4. The van der Waals surface area contributed by atoms with E-state index in [4.69, 9.17) is 21.0 Å². The smallest absolute Gasteiger partial charge is 0.282 e. The summed E-state index contributed by atoms with van der Waals surface area (Å²) in [7, 11) is 0. The number of hydrogen-bond donors (Lipinski definition) is 0. The molecular weight excluding hydrogens is 486 g/mol. The molecule has 2 aromatic carbocycles. The predicted octanol–water partition coefficient (Wildman–Crippen LogP) is 6.46. The Morgan fingerprint density at radius 2 is 1.84 bits per heavy atom. The molecule has 4 aromatic heterocycles. The van der Waals surface area contributed by atoms with Crippen LogP contribution in [0.1, 0.15) is 22.5 Å². The van der Waals surface area contributed by atoms with E-state index in [0.29, 0.717) is 33.1 Å². The number of nitrogens with zero attached hydrogens (tertiary/aromatic N) is 5. The minimum absolute atomic E-state index is 0.288. The zero-order valence-corrected chi connectivity index (χ0v) is 21.2. The maximum Gasteiger partial charge on any atom is 0.282 e. The van der Waals surface area contributed by atoms with Crippen LogP contribution in [0.15, 0.2) is 87.2 Å². The summed E-state index contributed by atoms with van der Waals surface area (Å²) in [6.07, 6.45) is 3.47. The molecule has 0 fully saturated rings. The van der Waals surface area contributed by atoms with Gasteiger partial charge in [-0.25, -0.2) is 9.97 Å². The van der Waals surface area contributed by atoms with Crippen LogP contribution in [0.2, 0.25) is 5.02 Å². The summed E-state index contributed by atoms with van der Waals surface area (Å²) in [5, 5.41) is 6.49. The first-order valence-corrected chi connectivity index (χ1v) is 12.1. The Morgan fingerprint density at radius 1 is 1.00 bits per heavy atom. The second-order valence-corrected chi connectivity index (χ2v) is 9.40. The Morgan fingerprint density at radius 3 is 2.68 bits per heavy atom. The van der Waals surface area contributed by atoms with Crippen molar-refractivity contribution in [3.8, 4) is 17.4 Å². The molecule has 0 aliphatic carbocycles. The first-order valence-electron chi connectivity index (χ1n) is 11.8. The Bertz CT molecular complexity index is 1910. The van der Waals surface area contributed by atoms with Crippen LogP contribution < -0.4 is 5.56 Å². The number of aryl methyl sites for hydroxylation is 2. The van der Waals surface area contributed by atoms with Crippen molar-refractivity contribution >= 4 is 39.7 Å². The SMILES string of the molecule is Cc1ccnc(-n2c(C)cc(C=Nn3c(-c4cc5cc(Cl)ccc5o4)nc4ccccc4c3=O)c2C)c1. The van der Waals surface area contributed by atoms with Crippen LogP contribution in [-0.2, 0) is 0 Å². The number of fused-ring (bicyclic) bond motifs is 2. The van der Waals surface area contributed by atoms with Gasteiger partial charge < -0.3 is 8.98 Å². The van der Waals surface area contributed by atoms with E-state index in [1.165, 1.54) is 4.68 Å². The normalized spacial score (nSPS) is 11.8. The third kappa shape index (κ3) is 4.03. The maximum atomic E-state index is 13.6. The monoisotopic (exact) mass is 507 g/mol. The molecule has 0 atom stereocenters. The van der Waals surface area contributed by atoms with Gasteiger partial charge in [-0.15, -0.1) is 0 Å². The lowest BCUT2D eigenvalue weighted by Gasteiger charge is -2.09. The van der Waals surface area contributed by atoms with E-state index in [0.717, 1.165) is 33.7 Å². The van der Waals surface area contributed by atoms with Crippen molar-refractivity contribution in [1.29, 1.82) is 0 Å². The molecular formula is C29H22ClN5O2. The van der Waals surface area contributed by atoms with E-state index in [-0.39, 0.29) is 5.56 Å². The van der Waals surface area contributed by atoms with E-state index >= 15 is 0 Å². The molecule has 6 aromatic rings. The van der Waals surface area contributed by atoms with E-state index in [1.807, 2.05) is 63.2 Å². The molecule has 0 amide bonds. The van der Waals surface area contributed by atoms with Crippen LogP contribution in [-0.4, -0.2) is 25.4 Å².